The number of carbonyl (C=O) groups excluding carboxylic acids is 1. The minimum absolute atomic E-state index is 0.0764. The molecule has 0 radical (unpaired) electrons. The Morgan fingerprint density at radius 1 is 1.50 bits per heavy atom. The predicted octanol–water partition coefficient (Wildman–Crippen LogP) is 2.54. The minimum Gasteiger partial charge on any atom is -0.378 e. The quantitative estimate of drug-likeness (QED) is 0.912. The number of H-pyrrole nitrogens is 1. The van der Waals surface area contributed by atoms with Crippen LogP contribution in [0.1, 0.15) is 46.2 Å². The first-order valence-corrected chi connectivity index (χ1v) is 8.32. The highest BCUT2D eigenvalue weighted by molar-refractivity contribution is 7.10. The van der Waals surface area contributed by atoms with Gasteiger partial charge in [0.05, 0.1) is 17.0 Å². The molecule has 3 rings (SSSR count). The summed E-state index contributed by atoms with van der Waals surface area (Å²) >= 11 is 1.34. The number of aromatic nitrogens is 3. The van der Waals surface area contributed by atoms with Gasteiger partial charge in [0.15, 0.2) is 0 Å². The van der Waals surface area contributed by atoms with Gasteiger partial charge in [0.1, 0.15) is 5.00 Å². The van der Waals surface area contributed by atoms with Crippen LogP contribution in [0, 0.1) is 13.8 Å². The van der Waals surface area contributed by atoms with Gasteiger partial charge in [0.2, 0.25) is 0 Å². The number of rotatable bonds is 3. The van der Waals surface area contributed by atoms with E-state index in [0.29, 0.717) is 11.5 Å². The third-order valence-corrected chi connectivity index (χ3v) is 5.11. The van der Waals surface area contributed by atoms with Crippen molar-refractivity contribution in [2.45, 2.75) is 32.6 Å². The number of nitrogens with zero attached hydrogens (tertiary/aromatic N) is 3. The van der Waals surface area contributed by atoms with E-state index in [1.54, 1.807) is 0 Å². The molecule has 2 aromatic rings. The molecule has 2 N–H and O–H groups in total. The Bertz CT molecular complexity index is 677. The zero-order valence-corrected chi connectivity index (χ0v) is 14.0. The molecule has 1 amide bonds. The molecule has 1 aliphatic rings. The van der Waals surface area contributed by atoms with Gasteiger partial charge in [-0.2, -0.15) is 9.47 Å². The maximum Gasteiger partial charge on any atom is 0.258 e. The first kappa shape index (κ1) is 15.0. The number of hydrogen-bond donors (Lipinski definition) is 2. The highest BCUT2D eigenvalue weighted by Crippen LogP contribution is 2.30. The second kappa shape index (κ2) is 6.08. The smallest absolute Gasteiger partial charge is 0.258 e. The molecule has 2 aromatic heterocycles. The Labute approximate surface area is 134 Å². The number of hydrogen-bond acceptors (Lipinski definition) is 5. The normalized spacial score (nSPS) is 18.5. The molecule has 0 aromatic carbocycles. The number of carbonyl (C=O) groups is 1. The van der Waals surface area contributed by atoms with Crippen LogP contribution in [0.5, 0.6) is 0 Å². The summed E-state index contributed by atoms with van der Waals surface area (Å²) in [5.41, 5.74) is 3.64. The molecule has 1 atom stereocenters. The van der Waals surface area contributed by atoms with Crippen LogP contribution >= 0.6 is 11.5 Å². The predicted molar refractivity (Wildman–Crippen MR) is 87.6 cm³/mol. The number of nitrogens with one attached hydrogen (secondary N) is 2. The fraction of sp³-hybridized carbons (Fsp3) is 0.533. The van der Waals surface area contributed by atoms with Gasteiger partial charge >= 0.3 is 0 Å². The van der Waals surface area contributed by atoms with Gasteiger partial charge in [-0.1, -0.05) is 0 Å². The summed E-state index contributed by atoms with van der Waals surface area (Å²) in [7, 11) is 1.83. The fourth-order valence-corrected chi connectivity index (χ4v) is 3.74. The molecule has 22 heavy (non-hydrogen) atoms. The molecular weight excluding hydrogens is 298 g/mol. The topological polar surface area (TPSA) is 73.9 Å². The number of aryl methyl sites for hydroxylation is 2. The summed E-state index contributed by atoms with van der Waals surface area (Å²) in [6.07, 6.45) is 2.08. The first-order valence-electron chi connectivity index (χ1n) is 7.55. The van der Waals surface area contributed by atoms with Crippen LogP contribution in [0.3, 0.4) is 0 Å². The zero-order chi connectivity index (χ0) is 15.7. The lowest BCUT2D eigenvalue weighted by atomic mass is 9.94. The lowest BCUT2D eigenvalue weighted by molar-refractivity contribution is 0.0706. The lowest BCUT2D eigenvalue weighted by Gasteiger charge is -2.32. The number of piperidine rings is 1. The molecule has 1 fully saturated rings. The van der Waals surface area contributed by atoms with E-state index < -0.39 is 0 Å². The standard InChI is InChI=1S/C15H21N5OS/c1-9-7-12(18-17-9)11-5-4-6-20(8-11)15(21)13-10(2)19-22-14(13)16-3/h7,11,16H,4-6,8H2,1-3H3,(H,17,18). The Morgan fingerprint density at radius 2 is 2.32 bits per heavy atom. The molecule has 1 saturated heterocycles. The van der Waals surface area contributed by atoms with Crippen molar-refractivity contribution >= 4 is 22.4 Å². The third kappa shape index (κ3) is 2.72. The van der Waals surface area contributed by atoms with Gasteiger partial charge in [-0.25, -0.2) is 0 Å². The van der Waals surface area contributed by atoms with Crippen LogP contribution in [-0.4, -0.2) is 45.5 Å². The first-order chi connectivity index (χ1) is 10.6. The van der Waals surface area contributed by atoms with Gasteiger partial charge in [-0.05, 0) is 44.3 Å². The van der Waals surface area contributed by atoms with Crippen molar-refractivity contribution in [3.63, 3.8) is 0 Å². The molecule has 7 heteroatoms. The van der Waals surface area contributed by atoms with E-state index in [1.807, 2.05) is 25.8 Å². The SMILES string of the molecule is CNc1snc(C)c1C(=O)N1CCCC(c2cc(C)[nH]n2)C1. The van der Waals surface area contributed by atoms with Crippen LogP contribution in [0.4, 0.5) is 5.00 Å². The number of anilines is 1. The molecular formula is C15H21N5OS. The molecule has 0 spiro atoms. The number of aromatic amines is 1. The van der Waals surface area contributed by atoms with Gasteiger partial charge in [0, 0.05) is 31.7 Å². The van der Waals surface area contributed by atoms with E-state index in [1.165, 1.54) is 11.5 Å². The molecule has 0 saturated carbocycles. The van der Waals surface area contributed by atoms with Crippen LogP contribution in [0.15, 0.2) is 6.07 Å². The largest absolute Gasteiger partial charge is 0.378 e. The number of likely N-dealkylation sites (tertiary alicyclic amines) is 1. The third-order valence-electron chi connectivity index (χ3n) is 4.16. The van der Waals surface area contributed by atoms with Crippen LogP contribution in [-0.2, 0) is 0 Å². The average Bonchev–Trinajstić information content (AvgIpc) is 3.12. The van der Waals surface area contributed by atoms with Gasteiger partial charge in [0.25, 0.3) is 5.91 Å². The van der Waals surface area contributed by atoms with Crippen molar-refractivity contribution in [2.24, 2.45) is 0 Å². The van der Waals surface area contributed by atoms with Crippen molar-refractivity contribution in [3.8, 4) is 0 Å². The minimum atomic E-state index is 0.0764. The Morgan fingerprint density at radius 3 is 3.00 bits per heavy atom. The van der Waals surface area contributed by atoms with E-state index >= 15 is 0 Å². The van der Waals surface area contributed by atoms with Crippen molar-refractivity contribution in [3.05, 3.63) is 28.7 Å². The van der Waals surface area contributed by atoms with E-state index in [4.69, 9.17) is 0 Å². The Balaban J connectivity index is 1.79. The summed E-state index contributed by atoms with van der Waals surface area (Å²) in [5, 5.41) is 11.3. The van der Waals surface area contributed by atoms with Crippen molar-refractivity contribution < 1.29 is 4.79 Å². The average molecular weight is 319 g/mol. The number of amides is 1. The highest BCUT2D eigenvalue weighted by atomic mass is 32.1. The molecule has 118 valence electrons. The Hall–Kier alpha value is -1.89. The van der Waals surface area contributed by atoms with E-state index in [0.717, 1.165) is 48.0 Å². The fourth-order valence-electron chi connectivity index (χ4n) is 3.00. The molecule has 0 aliphatic carbocycles. The van der Waals surface area contributed by atoms with Gasteiger partial charge in [-0.3, -0.25) is 9.89 Å². The maximum atomic E-state index is 12.9. The molecule has 3 heterocycles. The van der Waals surface area contributed by atoms with Crippen molar-refractivity contribution in [2.75, 3.05) is 25.5 Å². The Kier molecular flexibility index (Phi) is 4.15. The van der Waals surface area contributed by atoms with Crippen molar-refractivity contribution in [1.29, 1.82) is 0 Å². The van der Waals surface area contributed by atoms with E-state index in [-0.39, 0.29) is 5.91 Å². The summed E-state index contributed by atoms with van der Waals surface area (Å²) in [4.78, 5) is 14.8. The summed E-state index contributed by atoms with van der Waals surface area (Å²) in [5.74, 6) is 0.389. The molecule has 1 aliphatic heterocycles. The zero-order valence-electron chi connectivity index (χ0n) is 13.1. The molecule has 6 nitrogen and oxygen atoms in total. The maximum absolute atomic E-state index is 12.9. The van der Waals surface area contributed by atoms with Crippen molar-refractivity contribution in [1.82, 2.24) is 19.5 Å². The molecule has 0 bridgehead atoms. The van der Waals surface area contributed by atoms with E-state index in [9.17, 15) is 4.79 Å². The van der Waals surface area contributed by atoms with E-state index in [2.05, 4.69) is 26.0 Å². The highest BCUT2D eigenvalue weighted by Gasteiger charge is 2.29. The van der Waals surface area contributed by atoms with Gasteiger partial charge < -0.3 is 10.2 Å². The summed E-state index contributed by atoms with van der Waals surface area (Å²) < 4.78 is 4.30. The molecule has 1 unspecified atom stereocenters. The van der Waals surface area contributed by atoms with Crippen LogP contribution in [0.25, 0.3) is 0 Å². The summed E-state index contributed by atoms with van der Waals surface area (Å²) in [6, 6.07) is 2.08. The van der Waals surface area contributed by atoms with Crippen LogP contribution in [0.2, 0.25) is 0 Å². The van der Waals surface area contributed by atoms with Crippen LogP contribution < -0.4 is 5.32 Å². The lowest BCUT2D eigenvalue weighted by Crippen LogP contribution is -2.39. The monoisotopic (exact) mass is 319 g/mol. The van der Waals surface area contributed by atoms with Gasteiger partial charge in [-0.15, -0.1) is 0 Å². The second-order valence-corrected chi connectivity index (χ2v) is 6.56. The second-order valence-electron chi connectivity index (χ2n) is 5.79. The summed E-state index contributed by atoms with van der Waals surface area (Å²) in [6.45, 7) is 5.42.